The van der Waals surface area contributed by atoms with Crippen LogP contribution in [0.3, 0.4) is 0 Å². The molecule has 0 radical (unpaired) electrons. The fourth-order valence-electron chi connectivity index (χ4n) is 3.38. The average Bonchev–Trinajstić information content (AvgIpc) is 2.26. The normalized spacial score (nSPS) is 30.9. The van der Waals surface area contributed by atoms with E-state index in [1.807, 2.05) is 0 Å². The van der Waals surface area contributed by atoms with E-state index >= 15 is 0 Å². The summed E-state index contributed by atoms with van der Waals surface area (Å²) in [6.07, 6.45) is 6.65. The Balaban J connectivity index is 2.73. The summed E-state index contributed by atoms with van der Waals surface area (Å²) in [4.78, 5) is 2.55. The number of hydrogen-bond donors (Lipinski definition) is 1. The van der Waals surface area contributed by atoms with Gasteiger partial charge in [-0.15, -0.1) is 0 Å². The van der Waals surface area contributed by atoms with E-state index in [1.165, 1.54) is 32.1 Å². The molecule has 0 bridgehead atoms. The predicted octanol–water partition coefficient (Wildman–Crippen LogP) is 3.26. The lowest BCUT2D eigenvalue weighted by Crippen LogP contribution is -2.56. The molecule has 0 spiro atoms. The lowest BCUT2D eigenvalue weighted by Gasteiger charge is -2.48. The first-order chi connectivity index (χ1) is 7.83. The van der Waals surface area contributed by atoms with Gasteiger partial charge >= 0.3 is 0 Å². The largest absolute Gasteiger partial charge is 0.329 e. The van der Waals surface area contributed by atoms with Gasteiger partial charge in [0.25, 0.3) is 0 Å². The van der Waals surface area contributed by atoms with E-state index in [0.29, 0.717) is 5.41 Å². The summed E-state index contributed by atoms with van der Waals surface area (Å²) in [6.45, 7) is 11.2. The first-order valence-electron chi connectivity index (χ1n) is 7.24. The maximum absolute atomic E-state index is 6.13. The van der Waals surface area contributed by atoms with Crippen molar-refractivity contribution in [3.8, 4) is 0 Å². The molecule has 0 aromatic heterocycles. The zero-order valence-electron chi connectivity index (χ0n) is 12.6. The van der Waals surface area contributed by atoms with Crippen LogP contribution in [0.15, 0.2) is 0 Å². The monoisotopic (exact) mass is 240 g/mol. The van der Waals surface area contributed by atoms with Gasteiger partial charge in [-0.1, -0.05) is 47.0 Å². The minimum absolute atomic E-state index is 0.270. The van der Waals surface area contributed by atoms with Gasteiger partial charge in [0.2, 0.25) is 0 Å². The van der Waals surface area contributed by atoms with Gasteiger partial charge in [-0.2, -0.15) is 0 Å². The second-order valence-corrected chi connectivity index (χ2v) is 7.22. The Kier molecular flexibility index (Phi) is 5.03. The van der Waals surface area contributed by atoms with Gasteiger partial charge in [0, 0.05) is 18.6 Å². The van der Waals surface area contributed by atoms with E-state index in [-0.39, 0.29) is 5.54 Å². The Morgan fingerprint density at radius 3 is 2.47 bits per heavy atom. The molecule has 2 nitrogen and oxygen atoms in total. The number of hydrogen-bond acceptors (Lipinski definition) is 2. The molecule has 2 atom stereocenters. The molecule has 2 unspecified atom stereocenters. The Morgan fingerprint density at radius 1 is 1.35 bits per heavy atom. The van der Waals surface area contributed by atoms with Crippen molar-refractivity contribution in [3.63, 3.8) is 0 Å². The highest BCUT2D eigenvalue weighted by Crippen LogP contribution is 2.38. The summed E-state index contributed by atoms with van der Waals surface area (Å²) < 4.78 is 0. The highest BCUT2D eigenvalue weighted by molar-refractivity contribution is 4.96. The van der Waals surface area contributed by atoms with E-state index in [1.54, 1.807) is 0 Å². The molecule has 1 aliphatic rings. The molecule has 17 heavy (non-hydrogen) atoms. The van der Waals surface area contributed by atoms with E-state index < -0.39 is 0 Å². The highest BCUT2D eigenvalue weighted by Gasteiger charge is 2.39. The van der Waals surface area contributed by atoms with Crippen LogP contribution in [0.5, 0.6) is 0 Å². The number of nitrogens with two attached hydrogens (primary N) is 1. The predicted molar refractivity (Wildman–Crippen MR) is 76.1 cm³/mol. The number of nitrogens with zero attached hydrogens (tertiary/aromatic N) is 1. The Hall–Kier alpha value is -0.0800. The fraction of sp³-hybridized carbons (Fsp3) is 1.00. The van der Waals surface area contributed by atoms with Crippen LogP contribution in [0.25, 0.3) is 0 Å². The van der Waals surface area contributed by atoms with Crippen LogP contribution in [0.4, 0.5) is 0 Å². The second-order valence-electron chi connectivity index (χ2n) is 7.22. The minimum atomic E-state index is 0.270. The first kappa shape index (κ1) is 15.0. The van der Waals surface area contributed by atoms with Crippen LogP contribution in [-0.4, -0.2) is 30.6 Å². The molecular weight excluding hydrogens is 208 g/mol. The quantitative estimate of drug-likeness (QED) is 0.817. The van der Waals surface area contributed by atoms with Crippen molar-refractivity contribution in [2.45, 2.75) is 65.3 Å². The van der Waals surface area contributed by atoms with Gasteiger partial charge < -0.3 is 5.73 Å². The molecule has 0 aliphatic heterocycles. The van der Waals surface area contributed by atoms with Gasteiger partial charge in [-0.25, -0.2) is 0 Å². The molecule has 1 rings (SSSR count). The molecule has 2 heteroatoms. The molecule has 102 valence electrons. The van der Waals surface area contributed by atoms with Crippen LogP contribution in [-0.2, 0) is 0 Å². The van der Waals surface area contributed by atoms with E-state index in [0.717, 1.165) is 19.0 Å². The van der Waals surface area contributed by atoms with Crippen LogP contribution in [0.1, 0.15) is 59.8 Å². The minimum Gasteiger partial charge on any atom is -0.329 e. The van der Waals surface area contributed by atoms with E-state index in [9.17, 15) is 0 Å². The Labute approximate surface area is 108 Å². The van der Waals surface area contributed by atoms with E-state index in [2.05, 4.69) is 39.6 Å². The lowest BCUT2D eigenvalue weighted by atomic mass is 9.73. The second kappa shape index (κ2) is 5.71. The van der Waals surface area contributed by atoms with Gasteiger partial charge in [0.1, 0.15) is 0 Å². The molecule has 0 aromatic carbocycles. The van der Waals surface area contributed by atoms with Gasteiger partial charge in [0.05, 0.1) is 0 Å². The third-order valence-electron chi connectivity index (χ3n) is 4.40. The van der Waals surface area contributed by atoms with Gasteiger partial charge in [-0.3, -0.25) is 4.90 Å². The maximum atomic E-state index is 6.13. The molecule has 0 aromatic rings. The molecule has 0 amide bonds. The van der Waals surface area contributed by atoms with Crippen molar-refractivity contribution >= 4 is 0 Å². The molecule has 0 heterocycles. The SMILES string of the molecule is CCC1CCCC(CN)(N(C)CC(C)(C)C)C1. The third-order valence-corrected chi connectivity index (χ3v) is 4.40. The number of likely N-dealkylation sites (N-methyl/N-ethyl adjacent to an activating group) is 1. The van der Waals surface area contributed by atoms with Crippen molar-refractivity contribution < 1.29 is 0 Å². The average molecular weight is 240 g/mol. The summed E-state index contributed by atoms with van der Waals surface area (Å²) in [5, 5.41) is 0. The summed E-state index contributed by atoms with van der Waals surface area (Å²) in [6, 6.07) is 0. The molecular formula is C15H32N2. The van der Waals surface area contributed by atoms with Crippen molar-refractivity contribution in [1.29, 1.82) is 0 Å². The van der Waals surface area contributed by atoms with Crippen molar-refractivity contribution in [3.05, 3.63) is 0 Å². The lowest BCUT2D eigenvalue weighted by molar-refractivity contribution is 0.0329. The standard InChI is InChI=1S/C15H32N2/c1-6-13-8-7-9-15(10-13,11-16)17(5)12-14(2,3)4/h13H,6-12,16H2,1-5H3. The third kappa shape index (κ3) is 3.96. The van der Waals surface area contributed by atoms with Crippen LogP contribution < -0.4 is 5.73 Å². The topological polar surface area (TPSA) is 29.3 Å². The molecule has 1 aliphatic carbocycles. The van der Waals surface area contributed by atoms with Crippen molar-refractivity contribution in [1.82, 2.24) is 4.90 Å². The smallest absolute Gasteiger partial charge is 0.0331 e. The van der Waals surface area contributed by atoms with Crippen LogP contribution in [0.2, 0.25) is 0 Å². The Bertz CT molecular complexity index is 232. The van der Waals surface area contributed by atoms with E-state index in [4.69, 9.17) is 5.73 Å². The van der Waals surface area contributed by atoms with Crippen LogP contribution >= 0.6 is 0 Å². The van der Waals surface area contributed by atoms with Crippen LogP contribution in [0, 0.1) is 11.3 Å². The molecule has 0 saturated heterocycles. The molecule has 1 fully saturated rings. The summed E-state index contributed by atoms with van der Waals surface area (Å²) in [7, 11) is 2.27. The van der Waals surface area contributed by atoms with Crippen molar-refractivity contribution in [2.24, 2.45) is 17.1 Å². The van der Waals surface area contributed by atoms with Gasteiger partial charge in [-0.05, 0) is 31.2 Å². The zero-order valence-corrected chi connectivity index (χ0v) is 12.6. The zero-order chi connectivity index (χ0) is 13.1. The first-order valence-corrected chi connectivity index (χ1v) is 7.24. The number of rotatable bonds is 4. The van der Waals surface area contributed by atoms with Crippen molar-refractivity contribution in [2.75, 3.05) is 20.1 Å². The molecule has 2 N–H and O–H groups in total. The summed E-state index contributed by atoms with van der Waals surface area (Å²) in [5.74, 6) is 0.884. The highest BCUT2D eigenvalue weighted by atomic mass is 15.2. The van der Waals surface area contributed by atoms with Gasteiger partial charge in [0.15, 0.2) is 0 Å². The summed E-state index contributed by atoms with van der Waals surface area (Å²) >= 11 is 0. The Morgan fingerprint density at radius 2 is 2.00 bits per heavy atom. The molecule has 1 saturated carbocycles. The fourth-order valence-corrected chi connectivity index (χ4v) is 3.38. The summed E-state index contributed by atoms with van der Waals surface area (Å²) in [5.41, 5.74) is 6.76. The maximum Gasteiger partial charge on any atom is 0.0331 e.